The number of benzene rings is 2. The minimum absolute atomic E-state index is 0.331. The van der Waals surface area contributed by atoms with E-state index >= 15 is 0 Å². The molecule has 0 aliphatic carbocycles. The molecule has 0 bridgehead atoms. The van der Waals surface area contributed by atoms with Crippen molar-refractivity contribution >= 4 is 5.97 Å². The van der Waals surface area contributed by atoms with E-state index in [0.717, 1.165) is 28.3 Å². The fourth-order valence-corrected chi connectivity index (χ4v) is 3.49. The van der Waals surface area contributed by atoms with Crippen LogP contribution >= 0.6 is 0 Å². The summed E-state index contributed by atoms with van der Waals surface area (Å²) in [6.45, 7) is 5.48. The van der Waals surface area contributed by atoms with Gasteiger partial charge in [-0.25, -0.2) is 4.79 Å². The van der Waals surface area contributed by atoms with Crippen molar-refractivity contribution in [3.05, 3.63) is 71.9 Å². The number of carboxylic acids is 1. The second-order valence-corrected chi connectivity index (χ2v) is 7.22. The first-order chi connectivity index (χ1) is 15.0. The Balaban J connectivity index is 1.59. The summed E-state index contributed by atoms with van der Waals surface area (Å²) in [6.07, 6.45) is -0.498. The molecule has 164 valence electrons. The minimum atomic E-state index is -0.947. The molecule has 1 unspecified atom stereocenters. The second-order valence-electron chi connectivity index (χ2n) is 7.22. The van der Waals surface area contributed by atoms with E-state index in [4.69, 9.17) is 14.2 Å². The lowest BCUT2D eigenvalue weighted by molar-refractivity contribution is -0.149. The lowest BCUT2D eigenvalue weighted by atomic mass is 10.1. The molecule has 1 heterocycles. The van der Waals surface area contributed by atoms with Gasteiger partial charge in [-0.05, 0) is 73.5 Å². The van der Waals surface area contributed by atoms with Crippen LogP contribution in [0.15, 0.2) is 60.7 Å². The first-order valence-corrected chi connectivity index (χ1v) is 10.4. The predicted molar refractivity (Wildman–Crippen MR) is 120 cm³/mol. The van der Waals surface area contributed by atoms with Crippen molar-refractivity contribution in [1.82, 2.24) is 4.57 Å². The van der Waals surface area contributed by atoms with Crippen molar-refractivity contribution in [3.8, 4) is 22.8 Å². The Kier molecular flexibility index (Phi) is 7.73. The van der Waals surface area contributed by atoms with Gasteiger partial charge in [0.2, 0.25) is 0 Å². The molecule has 0 aliphatic rings. The fourth-order valence-electron chi connectivity index (χ4n) is 3.49. The van der Waals surface area contributed by atoms with E-state index in [0.29, 0.717) is 26.2 Å². The summed E-state index contributed by atoms with van der Waals surface area (Å²) in [5.41, 5.74) is 4.33. The van der Waals surface area contributed by atoms with Crippen molar-refractivity contribution < 1.29 is 24.1 Å². The molecular formula is C25H29NO5. The number of ether oxygens (including phenoxy) is 3. The molecule has 1 atom stereocenters. The van der Waals surface area contributed by atoms with Crippen LogP contribution in [-0.4, -0.2) is 42.1 Å². The Morgan fingerprint density at radius 2 is 1.68 bits per heavy atom. The molecule has 31 heavy (non-hydrogen) atoms. The number of nitrogens with zero attached hydrogens (tertiary/aromatic N) is 1. The van der Waals surface area contributed by atoms with Crippen molar-refractivity contribution in [2.45, 2.75) is 32.9 Å². The van der Waals surface area contributed by atoms with Gasteiger partial charge in [-0.3, -0.25) is 0 Å². The average Bonchev–Trinajstić information content (AvgIpc) is 3.15. The highest BCUT2D eigenvalue weighted by Crippen LogP contribution is 2.25. The van der Waals surface area contributed by atoms with E-state index in [1.807, 2.05) is 36.4 Å². The molecule has 1 aromatic heterocycles. The van der Waals surface area contributed by atoms with Crippen molar-refractivity contribution in [1.29, 1.82) is 0 Å². The van der Waals surface area contributed by atoms with Crippen LogP contribution in [0, 0.1) is 6.92 Å². The predicted octanol–water partition coefficient (Wildman–Crippen LogP) is 4.58. The minimum Gasteiger partial charge on any atom is -0.497 e. The molecule has 0 spiro atoms. The molecule has 3 aromatic rings. The topological polar surface area (TPSA) is 69.9 Å². The lowest BCUT2D eigenvalue weighted by Gasteiger charge is -2.14. The fraction of sp³-hybridized carbons (Fsp3) is 0.320. The van der Waals surface area contributed by atoms with Crippen LogP contribution in [0.25, 0.3) is 11.3 Å². The zero-order valence-corrected chi connectivity index (χ0v) is 18.2. The maximum Gasteiger partial charge on any atom is 0.333 e. The summed E-state index contributed by atoms with van der Waals surface area (Å²) in [6, 6.07) is 19.7. The van der Waals surface area contributed by atoms with Crippen LogP contribution in [0.2, 0.25) is 0 Å². The van der Waals surface area contributed by atoms with Crippen molar-refractivity contribution in [2.75, 3.05) is 20.3 Å². The van der Waals surface area contributed by atoms with Gasteiger partial charge < -0.3 is 23.9 Å². The first kappa shape index (κ1) is 22.4. The third kappa shape index (κ3) is 5.89. The molecule has 0 amide bonds. The number of hydrogen-bond donors (Lipinski definition) is 1. The number of methoxy groups -OCH3 is 1. The van der Waals surface area contributed by atoms with Gasteiger partial charge in [0.1, 0.15) is 18.1 Å². The van der Waals surface area contributed by atoms with Gasteiger partial charge in [0, 0.05) is 24.4 Å². The highest BCUT2D eigenvalue weighted by Gasteiger charge is 2.17. The van der Waals surface area contributed by atoms with Gasteiger partial charge in [-0.1, -0.05) is 12.1 Å². The van der Waals surface area contributed by atoms with Crippen LogP contribution in [0.5, 0.6) is 11.5 Å². The van der Waals surface area contributed by atoms with E-state index in [1.54, 1.807) is 14.0 Å². The van der Waals surface area contributed by atoms with Gasteiger partial charge in [0.05, 0.1) is 13.7 Å². The van der Waals surface area contributed by atoms with E-state index in [2.05, 4.69) is 35.8 Å². The van der Waals surface area contributed by atoms with E-state index in [1.165, 1.54) is 5.69 Å². The summed E-state index contributed by atoms with van der Waals surface area (Å²) in [5.74, 6) is 0.640. The molecule has 0 saturated heterocycles. The van der Waals surface area contributed by atoms with Gasteiger partial charge in [0.25, 0.3) is 0 Å². The van der Waals surface area contributed by atoms with Crippen LogP contribution in [-0.2, 0) is 22.5 Å². The Bertz CT molecular complexity index is 976. The molecule has 1 N–H and O–H groups in total. The van der Waals surface area contributed by atoms with Crippen LogP contribution < -0.4 is 9.47 Å². The van der Waals surface area contributed by atoms with E-state index in [-0.39, 0.29) is 0 Å². The third-order valence-electron chi connectivity index (χ3n) is 5.16. The maximum absolute atomic E-state index is 11.2. The number of carbonyl (C=O) groups is 1. The van der Waals surface area contributed by atoms with Crippen LogP contribution in [0.3, 0.4) is 0 Å². The largest absolute Gasteiger partial charge is 0.497 e. The molecule has 2 aromatic carbocycles. The van der Waals surface area contributed by atoms with Crippen molar-refractivity contribution in [3.63, 3.8) is 0 Å². The Labute approximate surface area is 183 Å². The first-order valence-electron chi connectivity index (χ1n) is 10.4. The third-order valence-corrected chi connectivity index (χ3v) is 5.16. The van der Waals surface area contributed by atoms with E-state index in [9.17, 15) is 9.90 Å². The average molecular weight is 424 g/mol. The molecular weight excluding hydrogens is 394 g/mol. The number of aromatic nitrogens is 1. The zero-order valence-electron chi connectivity index (χ0n) is 18.2. The summed E-state index contributed by atoms with van der Waals surface area (Å²) >= 11 is 0. The molecule has 0 radical (unpaired) electrons. The Morgan fingerprint density at radius 3 is 2.29 bits per heavy atom. The molecule has 0 aliphatic heterocycles. The van der Waals surface area contributed by atoms with Gasteiger partial charge in [-0.2, -0.15) is 0 Å². The Morgan fingerprint density at radius 1 is 1.00 bits per heavy atom. The highest BCUT2D eigenvalue weighted by molar-refractivity contribution is 5.72. The number of aryl methyl sites for hydroxylation is 1. The molecule has 0 saturated carbocycles. The number of aliphatic carboxylic acids is 1. The smallest absolute Gasteiger partial charge is 0.333 e. The summed E-state index contributed by atoms with van der Waals surface area (Å²) in [4.78, 5) is 11.2. The van der Waals surface area contributed by atoms with Crippen LogP contribution in [0.4, 0.5) is 0 Å². The van der Waals surface area contributed by atoms with Gasteiger partial charge in [-0.15, -0.1) is 0 Å². The van der Waals surface area contributed by atoms with E-state index < -0.39 is 12.1 Å². The van der Waals surface area contributed by atoms with Gasteiger partial charge >= 0.3 is 5.97 Å². The monoisotopic (exact) mass is 423 g/mol. The van der Waals surface area contributed by atoms with Gasteiger partial charge in [0.15, 0.2) is 6.10 Å². The second kappa shape index (κ2) is 10.7. The zero-order chi connectivity index (χ0) is 22.2. The Hall–Kier alpha value is -3.25. The number of hydrogen-bond acceptors (Lipinski definition) is 4. The lowest BCUT2D eigenvalue weighted by Crippen LogP contribution is -2.26. The molecule has 0 fully saturated rings. The van der Waals surface area contributed by atoms with Crippen molar-refractivity contribution in [2.24, 2.45) is 0 Å². The summed E-state index contributed by atoms with van der Waals surface area (Å²) in [7, 11) is 1.66. The number of carboxylic acid groups (broad SMARTS) is 1. The standard InChI is InChI=1S/C25H29NO5/c1-4-30-24(25(27)28)17-19-6-10-22(11-7-19)31-16-15-26-18(2)5-14-23(26)20-8-12-21(29-3)13-9-20/h5-14,24H,4,15-17H2,1-3H3,(H,27,28). The molecule has 6 heteroatoms. The molecule has 3 rings (SSSR count). The highest BCUT2D eigenvalue weighted by atomic mass is 16.5. The SMILES string of the molecule is CCOC(Cc1ccc(OCCn2c(C)ccc2-c2ccc(OC)cc2)cc1)C(=O)O. The summed E-state index contributed by atoms with van der Waals surface area (Å²) in [5, 5.41) is 9.22. The summed E-state index contributed by atoms with van der Waals surface area (Å²) < 4.78 is 18.7. The normalized spacial score (nSPS) is 11.8. The quantitative estimate of drug-likeness (QED) is 0.489. The number of rotatable bonds is 11. The van der Waals surface area contributed by atoms with Crippen LogP contribution in [0.1, 0.15) is 18.2 Å². The maximum atomic E-state index is 11.2. The molecule has 6 nitrogen and oxygen atoms in total.